The molecule has 2 rings (SSSR count). The van der Waals surface area contributed by atoms with Crippen LogP contribution in [-0.2, 0) is 14.3 Å². The molecule has 0 amide bonds. The molecule has 0 bridgehead atoms. The second kappa shape index (κ2) is 4.92. The number of esters is 1. The van der Waals surface area contributed by atoms with Gasteiger partial charge in [0.2, 0.25) is 0 Å². The summed E-state index contributed by atoms with van der Waals surface area (Å²) in [6, 6.07) is 0. The van der Waals surface area contributed by atoms with E-state index < -0.39 is 0 Å². The van der Waals surface area contributed by atoms with Crippen molar-refractivity contribution < 1.29 is 14.3 Å². The molecule has 0 spiro atoms. The average molecular weight is 246 g/mol. The number of allylic oxidation sites excluding steroid dienone is 3. The lowest BCUT2D eigenvalue weighted by molar-refractivity contribution is -0.137. The molecule has 3 heteroatoms. The van der Waals surface area contributed by atoms with Crippen molar-refractivity contribution in [3.8, 4) is 0 Å². The van der Waals surface area contributed by atoms with Crippen molar-refractivity contribution in [3.63, 3.8) is 0 Å². The summed E-state index contributed by atoms with van der Waals surface area (Å²) in [6.45, 7) is 7.60. The Morgan fingerprint density at radius 3 is 2.78 bits per heavy atom. The first kappa shape index (κ1) is 12.8. The molecule has 96 valence electrons. The molecule has 1 aliphatic heterocycles. The maximum Gasteiger partial charge on any atom is 0.334 e. The van der Waals surface area contributed by atoms with Gasteiger partial charge in [0.15, 0.2) is 5.78 Å². The van der Waals surface area contributed by atoms with Crippen molar-refractivity contribution in [2.24, 2.45) is 5.92 Å². The van der Waals surface area contributed by atoms with Crippen LogP contribution in [0.4, 0.5) is 0 Å². The van der Waals surface area contributed by atoms with E-state index in [1.165, 1.54) is 5.57 Å². The lowest BCUT2D eigenvalue weighted by Crippen LogP contribution is -2.16. The van der Waals surface area contributed by atoms with Crippen LogP contribution in [0.5, 0.6) is 0 Å². The first-order valence-corrected chi connectivity index (χ1v) is 6.26. The van der Waals surface area contributed by atoms with Crippen LogP contribution in [0, 0.1) is 5.92 Å². The third-order valence-corrected chi connectivity index (χ3v) is 3.69. The minimum absolute atomic E-state index is 0.00157. The Labute approximate surface area is 107 Å². The molecule has 1 saturated heterocycles. The number of carbonyl (C=O) groups is 2. The highest BCUT2D eigenvalue weighted by atomic mass is 16.5. The largest absolute Gasteiger partial charge is 0.454 e. The monoisotopic (exact) mass is 246 g/mol. The highest BCUT2D eigenvalue weighted by Gasteiger charge is 2.37. The number of hydrogen-bond acceptors (Lipinski definition) is 3. The summed E-state index contributed by atoms with van der Waals surface area (Å²) < 4.78 is 5.28. The van der Waals surface area contributed by atoms with E-state index in [4.69, 9.17) is 4.74 Å². The van der Waals surface area contributed by atoms with E-state index in [2.05, 4.69) is 6.58 Å². The number of fused-ring (bicyclic) bond motifs is 1. The molecule has 0 aromatic heterocycles. The van der Waals surface area contributed by atoms with Crippen LogP contribution in [0.25, 0.3) is 0 Å². The van der Waals surface area contributed by atoms with E-state index in [0.717, 1.165) is 12.8 Å². The van der Waals surface area contributed by atoms with Gasteiger partial charge in [-0.15, -0.1) is 0 Å². The number of rotatable bonds is 0. The topological polar surface area (TPSA) is 43.4 Å². The lowest BCUT2D eigenvalue weighted by atomic mass is 9.88. The Bertz CT molecular complexity index is 468. The minimum atomic E-state index is -0.331. The molecule has 0 N–H and O–H groups in total. The van der Waals surface area contributed by atoms with Crippen molar-refractivity contribution in [1.29, 1.82) is 0 Å². The zero-order valence-electron chi connectivity index (χ0n) is 10.9. The van der Waals surface area contributed by atoms with Crippen LogP contribution >= 0.6 is 0 Å². The van der Waals surface area contributed by atoms with Crippen molar-refractivity contribution in [2.75, 3.05) is 0 Å². The minimum Gasteiger partial charge on any atom is -0.454 e. The van der Waals surface area contributed by atoms with E-state index >= 15 is 0 Å². The van der Waals surface area contributed by atoms with E-state index in [1.54, 1.807) is 13.0 Å². The van der Waals surface area contributed by atoms with Crippen molar-refractivity contribution in [3.05, 3.63) is 35.5 Å². The van der Waals surface area contributed by atoms with Gasteiger partial charge in [-0.1, -0.05) is 18.2 Å². The van der Waals surface area contributed by atoms with Gasteiger partial charge in [0, 0.05) is 17.9 Å². The fourth-order valence-corrected chi connectivity index (χ4v) is 2.37. The number of Topliss-reactive ketones (excluding diaryl/α,β-unsaturated/α-hetero) is 1. The molecule has 0 radical (unpaired) electrons. The molecule has 1 fully saturated rings. The van der Waals surface area contributed by atoms with Gasteiger partial charge in [-0.25, -0.2) is 4.79 Å². The molecular formula is C15H18O3. The predicted octanol–water partition coefficient (Wildman–Crippen LogP) is 2.73. The highest BCUT2D eigenvalue weighted by molar-refractivity contribution is 5.96. The molecular weight excluding hydrogens is 228 g/mol. The van der Waals surface area contributed by atoms with Crippen LogP contribution in [0.15, 0.2) is 35.5 Å². The summed E-state index contributed by atoms with van der Waals surface area (Å²) >= 11 is 0. The van der Waals surface area contributed by atoms with Crippen molar-refractivity contribution in [1.82, 2.24) is 0 Å². The summed E-state index contributed by atoms with van der Waals surface area (Å²) in [4.78, 5) is 23.4. The Hall–Kier alpha value is -1.64. The first-order chi connectivity index (χ1) is 8.49. The highest BCUT2D eigenvalue weighted by Crippen LogP contribution is 2.33. The van der Waals surface area contributed by atoms with Crippen LogP contribution in [0.2, 0.25) is 0 Å². The van der Waals surface area contributed by atoms with Crippen LogP contribution in [0.3, 0.4) is 0 Å². The van der Waals surface area contributed by atoms with Gasteiger partial charge in [0.05, 0.1) is 0 Å². The van der Waals surface area contributed by atoms with E-state index in [1.807, 2.05) is 13.0 Å². The summed E-state index contributed by atoms with van der Waals surface area (Å²) in [5.41, 5.74) is 2.38. The Balaban J connectivity index is 2.32. The molecule has 18 heavy (non-hydrogen) atoms. The second-order valence-electron chi connectivity index (χ2n) is 5.07. The van der Waals surface area contributed by atoms with Crippen LogP contribution in [0.1, 0.15) is 33.1 Å². The average Bonchev–Trinajstić information content (AvgIpc) is 2.59. The zero-order chi connectivity index (χ0) is 13.3. The lowest BCUT2D eigenvalue weighted by Gasteiger charge is -2.16. The molecule has 1 heterocycles. The van der Waals surface area contributed by atoms with Gasteiger partial charge in [-0.05, 0) is 38.3 Å². The normalized spacial score (nSPS) is 35.1. The molecule has 0 aromatic rings. The van der Waals surface area contributed by atoms with E-state index in [-0.39, 0.29) is 23.8 Å². The van der Waals surface area contributed by atoms with Gasteiger partial charge in [0.25, 0.3) is 0 Å². The first-order valence-electron chi connectivity index (χ1n) is 6.26. The van der Waals surface area contributed by atoms with Gasteiger partial charge < -0.3 is 4.74 Å². The zero-order valence-corrected chi connectivity index (χ0v) is 10.9. The van der Waals surface area contributed by atoms with Gasteiger partial charge in [-0.2, -0.15) is 0 Å². The Morgan fingerprint density at radius 1 is 1.33 bits per heavy atom. The SMILES string of the molecule is C=C1C(=O)O[C@H]2/C=C(/C)C(=O)C/C=C(\C)CC[C@@H]12. The third kappa shape index (κ3) is 2.45. The fourth-order valence-electron chi connectivity index (χ4n) is 2.37. The number of ketones is 1. The fraction of sp³-hybridized carbons (Fsp3) is 0.467. The maximum absolute atomic E-state index is 11.9. The molecule has 1 aliphatic carbocycles. The molecule has 0 aromatic carbocycles. The third-order valence-electron chi connectivity index (χ3n) is 3.69. The van der Waals surface area contributed by atoms with Crippen LogP contribution < -0.4 is 0 Å². The molecule has 3 nitrogen and oxygen atoms in total. The van der Waals surface area contributed by atoms with Crippen molar-refractivity contribution in [2.45, 2.75) is 39.2 Å². The molecule has 0 saturated carbocycles. The summed E-state index contributed by atoms with van der Waals surface area (Å²) in [6.07, 6.45) is 5.57. The van der Waals surface area contributed by atoms with E-state index in [0.29, 0.717) is 17.6 Å². The Morgan fingerprint density at radius 2 is 2.06 bits per heavy atom. The van der Waals surface area contributed by atoms with Gasteiger partial charge >= 0.3 is 5.97 Å². The molecule has 2 aliphatic rings. The number of ether oxygens (including phenoxy) is 1. The summed E-state index contributed by atoms with van der Waals surface area (Å²) in [5.74, 6) is -0.243. The quantitative estimate of drug-likeness (QED) is 0.375. The van der Waals surface area contributed by atoms with Gasteiger partial charge in [-0.3, -0.25) is 4.79 Å². The molecule has 0 unspecified atom stereocenters. The summed E-state index contributed by atoms with van der Waals surface area (Å²) in [5, 5.41) is 0. The summed E-state index contributed by atoms with van der Waals surface area (Å²) in [7, 11) is 0. The predicted molar refractivity (Wildman–Crippen MR) is 68.9 cm³/mol. The van der Waals surface area contributed by atoms with Gasteiger partial charge in [0.1, 0.15) is 6.10 Å². The number of hydrogen-bond donors (Lipinski definition) is 0. The van der Waals surface area contributed by atoms with Crippen LogP contribution in [-0.4, -0.2) is 17.9 Å². The van der Waals surface area contributed by atoms with E-state index in [9.17, 15) is 9.59 Å². The smallest absolute Gasteiger partial charge is 0.334 e. The second-order valence-corrected chi connectivity index (χ2v) is 5.07. The standard InChI is InChI=1S/C15H18O3/c1-9-4-6-12-11(3)15(17)18-14(12)8-10(2)13(16)7-5-9/h5,8,12,14H,3-4,6-7H2,1-2H3/b9-5+,10-8-/t12-,14-/m0/s1. The van der Waals surface area contributed by atoms with Crippen molar-refractivity contribution >= 4 is 11.8 Å². The maximum atomic E-state index is 11.9. The molecule has 2 atom stereocenters. The Kier molecular flexibility index (Phi) is 3.50. The number of carbonyl (C=O) groups excluding carboxylic acids is 2.